The van der Waals surface area contributed by atoms with Crippen molar-refractivity contribution >= 4 is 23.6 Å². The van der Waals surface area contributed by atoms with Gasteiger partial charge in [0, 0.05) is 24.8 Å². The average Bonchev–Trinajstić information content (AvgIpc) is 3.50. The molecule has 1 heterocycles. The molecule has 2 amide bonds. The van der Waals surface area contributed by atoms with Gasteiger partial charge in [-0.1, -0.05) is 30.3 Å². The van der Waals surface area contributed by atoms with Gasteiger partial charge in [-0.05, 0) is 30.7 Å². The summed E-state index contributed by atoms with van der Waals surface area (Å²) >= 11 is 1.70. The quantitative estimate of drug-likeness (QED) is 0.851. The molecule has 23 heavy (non-hydrogen) atoms. The van der Waals surface area contributed by atoms with E-state index in [1.807, 2.05) is 35.0 Å². The van der Waals surface area contributed by atoms with Crippen molar-refractivity contribution in [3.05, 3.63) is 35.9 Å². The molecule has 4 nitrogen and oxygen atoms in total. The van der Waals surface area contributed by atoms with Crippen LogP contribution in [0.1, 0.15) is 30.7 Å². The second kappa shape index (κ2) is 5.86. The fourth-order valence-electron chi connectivity index (χ4n) is 3.49. The van der Waals surface area contributed by atoms with Crippen molar-refractivity contribution in [3.8, 4) is 0 Å². The Kier molecular flexibility index (Phi) is 3.84. The third-order valence-electron chi connectivity index (χ3n) is 5.23. The highest BCUT2D eigenvalue weighted by molar-refractivity contribution is 7.99. The van der Waals surface area contributed by atoms with Gasteiger partial charge in [0.25, 0.3) is 0 Å². The topological polar surface area (TPSA) is 40.6 Å². The highest BCUT2D eigenvalue weighted by Crippen LogP contribution is 2.49. The number of carbonyl (C=O) groups excluding carboxylic acids is 2. The summed E-state index contributed by atoms with van der Waals surface area (Å²) in [5, 5.41) is 0. The molecule has 3 atom stereocenters. The van der Waals surface area contributed by atoms with E-state index in [0.29, 0.717) is 17.8 Å². The minimum atomic E-state index is -0.255. The van der Waals surface area contributed by atoms with Crippen LogP contribution in [0.25, 0.3) is 0 Å². The molecule has 1 saturated heterocycles. The minimum absolute atomic E-state index is 0.0673. The standard InChI is InChI=1S/C18H22N2O2S/c1-19(13-7-8-13)18(22)16-10-23-11-20(16)17(21)15-9-14(15)12-5-3-2-4-6-12/h2-6,13-16H,7-11H2,1H3. The Balaban J connectivity index is 1.43. The fourth-order valence-corrected chi connectivity index (χ4v) is 4.65. The Bertz CT molecular complexity index is 617. The van der Waals surface area contributed by atoms with E-state index < -0.39 is 0 Å². The third-order valence-corrected chi connectivity index (χ3v) is 6.24. The van der Waals surface area contributed by atoms with Crippen molar-refractivity contribution < 1.29 is 9.59 Å². The lowest BCUT2D eigenvalue weighted by molar-refractivity contribution is -0.143. The van der Waals surface area contributed by atoms with Crippen molar-refractivity contribution in [2.75, 3.05) is 18.7 Å². The molecular weight excluding hydrogens is 308 g/mol. The van der Waals surface area contributed by atoms with Crippen LogP contribution < -0.4 is 0 Å². The maximum atomic E-state index is 12.9. The van der Waals surface area contributed by atoms with Gasteiger partial charge < -0.3 is 9.80 Å². The number of carbonyl (C=O) groups is 2. The summed E-state index contributed by atoms with van der Waals surface area (Å²) in [5.74, 6) is 2.11. The van der Waals surface area contributed by atoms with E-state index >= 15 is 0 Å². The van der Waals surface area contributed by atoms with Crippen LogP contribution in [0.15, 0.2) is 30.3 Å². The van der Waals surface area contributed by atoms with Gasteiger partial charge in [-0.2, -0.15) is 0 Å². The maximum Gasteiger partial charge on any atom is 0.246 e. The van der Waals surface area contributed by atoms with E-state index in [9.17, 15) is 9.59 Å². The molecule has 0 spiro atoms. The van der Waals surface area contributed by atoms with Crippen molar-refractivity contribution in [3.63, 3.8) is 0 Å². The lowest BCUT2D eigenvalue weighted by atomic mass is 10.1. The van der Waals surface area contributed by atoms with Crippen LogP contribution in [0.2, 0.25) is 0 Å². The Labute approximate surface area is 141 Å². The summed E-state index contributed by atoms with van der Waals surface area (Å²) in [4.78, 5) is 29.2. The summed E-state index contributed by atoms with van der Waals surface area (Å²) in [6, 6.07) is 10.4. The molecule has 4 rings (SSSR count). The second-order valence-corrected chi connectivity index (χ2v) is 7.86. The summed E-state index contributed by atoms with van der Waals surface area (Å²) in [7, 11) is 1.88. The van der Waals surface area contributed by atoms with Crippen LogP contribution in [0.5, 0.6) is 0 Å². The molecule has 5 heteroatoms. The van der Waals surface area contributed by atoms with E-state index in [2.05, 4.69) is 12.1 Å². The van der Waals surface area contributed by atoms with Crippen molar-refractivity contribution in [2.24, 2.45) is 5.92 Å². The smallest absolute Gasteiger partial charge is 0.246 e. The predicted octanol–water partition coefficient (Wildman–Crippen LogP) is 2.31. The first-order valence-corrected chi connectivity index (χ1v) is 9.52. The zero-order valence-corrected chi connectivity index (χ0v) is 14.2. The Morgan fingerprint density at radius 2 is 1.96 bits per heavy atom. The predicted molar refractivity (Wildman–Crippen MR) is 91.0 cm³/mol. The van der Waals surface area contributed by atoms with Crippen LogP contribution in [0.4, 0.5) is 0 Å². The molecule has 1 aromatic rings. The normalized spacial score (nSPS) is 29.4. The molecule has 2 saturated carbocycles. The summed E-state index contributed by atoms with van der Waals surface area (Å²) in [6.07, 6.45) is 3.13. The molecule has 3 fully saturated rings. The van der Waals surface area contributed by atoms with E-state index in [1.54, 1.807) is 11.8 Å². The molecule has 3 unspecified atom stereocenters. The van der Waals surface area contributed by atoms with E-state index in [4.69, 9.17) is 0 Å². The largest absolute Gasteiger partial charge is 0.341 e. The maximum absolute atomic E-state index is 12.9. The van der Waals surface area contributed by atoms with Crippen LogP contribution in [-0.4, -0.2) is 52.4 Å². The molecule has 2 aliphatic carbocycles. The van der Waals surface area contributed by atoms with E-state index in [1.165, 1.54) is 5.56 Å². The number of amides is 2. The van der Waals surface area contributed by atoms with Gasteiger partial charge in [0.05, 0.1) is 5.88 Å². The van der Waals surface area contributed by atoms with Gasteiger partial charge in [0.15, 0.2) is 0 Å². The molecule has 122 valence electrons. The summed E-state index contributed by atoms with van der Waals surface area (Å²) < 4.78 is 0. The van der Waals surface area contributed by atoms with Crippen molar-refractivity contribution in [1.29, 1.82) is 0 Å². The number of hydrogen-bond donors (Lipinski definition) is 0. The van der Waals surface area contributed by atoms with E-state index in [0.717, 1.165) is 25.0 Å². The fraction of sp³-hybridized carbons (Fsp3) is 0.556. The van der Waals surface area contributed by atoms with Gasteiger partial charge in [-0.15, -0.1) is 11.8 Å². The first kappa shape index (κ1) is 15.1. The molecular formula is C18H22N2O2S. The molecule has 0 radical (unpaired) electrons. The summed E-state index contributed by atoms with van der Waals surface area (Å²) in [5.41, 5.74) is 1.25. The van der Waals surface area contributed by atoms with E-state index in [-0.39, 0.29) is 23.8 Å². The molecule has 1 aliphatic heterocycles. The zero-order chi connectivity index (χ0) is 16.0. The van der Waals surface area contributed by atoms with Gasteiger partial charge in [-0.25, -0.2) is 0 Å². The highest BCUT2D eigenvalue weighted by atomic mass is 32.2. The first-order chi connectivity index (χ1) is 11.2. The molecule has 0 bridgehead atoms. The van der Waals surface area contributed by atoms with Gasteiger partial charge >= 0.3 is 0 Å². The van der Waals surface area contributed by atoms with Crippen LogP contribution >= 0.6 is 11.8 Å². The molecule has 0 aromatic heterocycles. The van der Waals surface area contributed by atoms with Gasteiger partial charge in [-0.3, -0.25) is 9.59 Å². The highest BCUT2D eigenvalue weighted by Gasteiger charge is 2.49. The number of rotatable bonds is 4. The molecule has 1 aromatic carbocycles. The van der Waals surface area contributed by atoms with Crippen molar-refractivity contribution in [1.82, 2.24) is 9.80 Å². The third kappa shape index (κ3) is 2.87. The average molecular weight is 330 g/mol. The van der Waals surface area contributed by atoms with Crippen LogP contribution in [0.3, 0.4) is 0 Å². The Morgan fingerprint density at radius 1 is 1.22 bits per heavy atom. The monoisotopic (exact) mass is 330 g/mol. The first-order valence-electron chi connectivity index (χ1n) is 8.36. The van der Waals surface area contributed by atoms with Gasteiger partial charge in [0.2, 0.25) is 11.8 Å². The number of thioether (sulfide) groups is 1. The van der Waals surface area contributed by atoms with Gasteiger partial charge in [0.1, 0.15) is 6.04 Å². The lowest BCUT2D eigenvalue weighted by Gasteiger charge is -2.27. The minimum Gasteiger partial charge on any atom is -0.341 e. The molecule has 3 aliphatic rings. The Morgan fingerprint density at radius 3 is 2.65 bits per heavy atom. The summed E-state index contributed by atoms with van der Waals surface area (Å²) in [6.45, 7) is 0. The second-order valence-electron chi connectivity index (χ2n) is 6.86. The van der Waals surface area contributed by atoms with Crippen molar-refractivity contribution in [2.45, 2.75) is 37.3 Å². The lowest BCUT2D eigenvalue weighted by Crippen LogP contribution is -2.49. The Hall–Kier alpha value is -1.49. The number of hydrogen-bond acceptors (Lipinski definition) is 3. The number of nitrogens with zero attached hydrogens (tertiary/aromatic N) is 2. The molecule has 0 N–H and O–H groups in total. The number of benzene rings is 1. The SMILES string of the molecule is CN(C(=O)C1CSCN1C(=O)C1CC1c1ccccc1)C1CC1. The van der Waals surface area contributed by atoms with Crippen LogP contribution in [0, 0.1) is 5.92 Å². The zero-order valence-electron chi connectivity index (χ0n) is 13.4. The van der Waals surface area contributed by atoms with Crippen LogP contribution in [-0.2, 0) is 9.59 Å². The number of likely N-dealkylation sites (N-methyl/N-ethyl adjacent to an activating group) is 1.